The maximum atomic E-state index is 12.7. The van der Waals surface area contributed by atoms with E-state index in [0.717, 1.165) is 4.90 Å². The van der Waals surface area contributed by atoms with Crippen LogP contribution in [0.15, 0.2) is 70.0 Å². The molecule has 0 unspecified atom stereocenters. The lowest BCUT2D eigenvalue weighted by Crippen LogP contribution is -2.27. The summed E-state index contributed by atoms with van der Waals surface area (Å²) in [5.41, 5.74) is 0.468. The van der Waals surface area contributed by atoms with Crippen LogP contribution in [-0.4, -0.2) is 25.9 Å². The second-order valence-electron chi connectivity index (χ2n) is 6.66. The summed E-state index contributed by atoms with van der Waals surface area (Å²) >= 11 is 0.701. The molecule has 4 rings (SSSR count). The molecule has 0 radical (unpaired) electrons. The quantitative estimate of drug-likeness (QED) is 0.290. The molecular formula is C21H13N3O7S. The second-order valence-corrected chi connectivity index (χ2v) is 7.66. The molecule has 2 amide bonds. The first kappa shape index (κ1) is 21.0. The van der Waals surface area contributed by atoms with Gasteiger partial charge in [-0.25, -0.2) is 0 Å². The molecule has 2 heterocycles. The molecule has 11 heteroatoms. The van der Waals surface area contributed by atoms with Crippen molar-refractivity contribution in [3.05, 3.63) is 97.1 Å². The number of carbonyl (C=O) groups excluding carboxylic acids is 2. The van der Waals surface area contributed by atoms with Gasteiger partial charge in [-0.3, -0.25) is 34.7 Å². The van der Waals surface area contributed by atoms with Gasteiger partial charge in [0.2, 0.25) is 0 Å². The predicted molar refractivity (Wildman–Crippen MR) is 115 cm³/mol. The van der Waals surface area contributed by atoms with E-state index in [9.17, 15) is 29.8 Å². The minimum absolute atomic E-state index is 0.0865. The smallest absolute Gasteiger partial charge is 0.293 e. The Labute approximate surface area is 184 Å². The zero-order chi connectivity index (χ0) is 22.8. The Morgan fingerprint density at radius 3 is 2.50 bits per heavy atom. The van der Waals surface area contributed by atoms with Gasteiger partial charge >= 0.3 is 0 Å². The number of rotatable bonds is 6. The number of carbonyl (C=O) groups is 2. The Morgan fingerprint density at radius 1 is 0.969 bits per heavy atom. The van der Waals surface area contributed by atoms with Crippen molar-refractivity contribution in [2.45, 2.75) is 6.54 Å². The van der Waals surface area contributed by atoms with Crippen molar-refractivity contribution in [1.29, 1.82) is 0 Å². The Hall–Kier alpha value is -4.25. The van der Waals surface area contributed by atoms with Gasteiger partial charge in [0, 0.05) is 35.4 Å². The van der Waals surface area contributed by atoms with Crippen LogP contribution in [0.4, 0.5) is 16.2 Å². The fraction of sp³-hybridized carbons (Fsp3) is 0.0476. The SMILES string of the molecule is O=C1S/C(=C/c2ccc(-c3cccc([N+](=O)[O-])c3)o2)C(=O)N1Cc1ccccc1[N+](=O)[O-]. The van der Waals surface area contributed by atoms with Crippen LogP contribution >= 0.6 is 11.8 Å². The number of amides is 2. The summed E-state index contributed by atoms with van der Waals surface area (Å²) < 4.78 is 5.67. The Bertz CT molecular complexity index is 1300. The summed E-state index contributed by atoms with van der Waals surface area (Å²) in [5.74, 6) is 0.0493. The van der Waals surface area contributed by atoms with Crippen LogP contribution in [0.5, 0.6) is 0 Å². The molecule has 1 aliphatic rings. The highest BCUT2D eigenvalue weighted by Gasteiger charge is 2.36. The van der Waals surface area contributed by atoms with Crippen LogP contribution < -0.4 is 0 Å². The molecule has 0 saturated carbocycles. The molecule has 0 bridgehead atoms. The molecule has 0 atom stereocenters. The summed E-state index contributed by atoms with van der Waals surface area (Å²) in [7, 11) is 0. The van der Waals surface area contributed by atoms with Crippen molar-refractivity contribution in [1.82, 2.24) is 4.90 Å². The third-order valence-corrected chi connectivity index (χ3v) is 5.54. The molecule has 0 spiro atoms. The second kappa shape index (κ2) is 8.47. The first-order valence-electron chi connectivity index (χ1n) is 9.16. The molecular weight excluding hydrogens is 438 g/mol. The highest BCUT2D eigenvalue weighted by molar-refractivity contribution is 8.18. The molecule has 0 N–H and O–H groups in total. The molecule has 1 saturated heterocycles. The topological polar surface area (TPSA) is 137 Å². The molecule has 32 heavy (non-hydrogen) atoms. The number of benzene rings is 2. The Morgan fingerprint density at radius 2 is 1.75 bits per heavy atom. The number of imide groups is 1. The van der Waals surface area contributed by atoms with Crippen molar-refractivity contribution in [2.75, 3.05) is 0 Å². The number of hydrogen-bond acceptors (Lipinski definition) is 8. The maximum Gasteiger partial charge on any atom is 0.293 e. The number of nitro benzene ring substituents is 2. The van der Waals surface area contributed by atoms with E-state index in [-0.39, 0.29) is 34.1 Å². The molecule has 1 fully saturated rings. The number of thioether (sulfide) groups is 1. The lowest BCUT2D eigenvalue weighted by Gasteiger charge is -2.12. The highest BCUT2D eigenvalue weighted by atomic mass is 32.2. The van der Waals surface area contributed by atoms with Gasteiger partial charge in [-0.1, -0.05) is 30.3 Å². The van der Waals surface area contributed by atoms with Crippen molar-refractivity contribution < 1.29 is 23.9 Å². The van der Waals surface area contributed by atoms with Crippen molar-refractivity contribution >= 4 is 40.4 Å². The fourth-order valence-electron chi connectivity index (χ4n) is 3.12. The normalized spacial score (nSPS) is 14.9. The lowest BCUT2D eigenvalue weighted by molar-refractivity contribution is -0.385. The van der Waals surface area contributed by atoms with Crippen LogP contribution in [0.2, 0.25) is 0 Å². The molecule has 2 aromatic carbocycles. The Kier molecular flexibility index (Phi) is 5.56. The molecule has 1 aliphatic heterocycles. The van der Waals surface area contributed by atoms with Crippen LogP contribution in [0.25, 0.3) is 17.4 Å². The van der Waals surface area contributed by atoms with E-state index in [2.05, 4.69) is 0 Å². The van der Waals surface area contributed by atoms with E-state index in [1.54, 1.807) is 24.3 Å². The van der Waals surface area contributed by atoms with E-state index in [0.29, 0.717) is 23.1 Å². The van der Waals surface area contributed by atoms with Crippen molar-refractivity contribution in [3.8, 4) is 11.3 Å². The fourth-order valence-corrected chi connectivity index (χ4v) is 3.94. The minimum atomic E-state index is -0.591. The zero-order valence-electron chi connectivity index (χ0n) is 16.2. The van der Waals surface area contributed by atoms with Gasteiger partial charge in [-0.2, -0.15) is 0 Å². The van der Waals surface area contributed by atoms with Crippen LogP contribution in [0.3, 0.4) is 0 Å². The van der Waals surface area contributed by atoms with Gasteiger partial charge < -0.3 is 4.42 Å². The number of para-hydroxylation sites is 1. The number of furan rings is 1. The monoisotopic (exact) mass is 451 g/mol. The number of nitrogens with zero attached hydrogens (tertiary/aromatic N) is 3. The summed E-state index contributed by atoms with van der Waals surface area (Å²) in [5, 5.41) is 21.6. The zero-order valence-corrected chi connectivity index (χ0v) is 17.0. The average molecular weight is 451 g/mol. The summed E-state index contributed by atoms with van der Waals surface area (Å²) in [6.07, 6.45) is 1.39. The molecule has 160 valence electrons. The van der Waals surface area contributed by atoms with Gasteiger partial charge in [-0.15, -0.1) is 0 Å². The van der Waals surface area contributed by atoms with E-state index >= 15 is 0 Å². The van der Waals surface area contributed by atoms with E-state index in [4.69, 9.17) is 4.42 Å². The third kappa shape index (κ3) is 4.14. The van der Waals surface area contributed by atoms with Crippen molar-refractivity contribution in [3.63, 3.8) is 0 Å². The standard InChI is InChI=1S/C21H13N3O7S/c25-20-19(32-21(26)22(20)12-14-4-1-2-7-17(14)24(29)30)11-16-8-9-18(31-16)13-5-3-6-15(10-13)23(27)28/h1-11H,12H2/b19-11+. The van der Waals surface area contributed by atoms with E-state index in [1.807, 2.05) is 0 Å². The summed E-state index contributed by atoms with van der Waals surface area (Å²) in [4.78, 5) is 47.2. The van der Waals surface area contributed by atoms with Crippen LogP contribution in [0, 0.1) is 20.2 Å². The molecule has 3 aromatic rings. The summed E-state index contributed by atoms with van der Waals surface area (Å²) in [6, 6.07) is 15.0. The molecule has 1 aromatic heterocycles. The maximum absolute atomic E-state index is 12.7. The number of hydrogen-bond donors (Lipinski definition) is 0. The van der Waals surface area contributed by atoms with Gasteiger partial charge in [0.15, 0.2) is 0 Å². The van der Waals surface area contributed by atoms with Crippen LogP contribution in [-0.2, 0) is 11.3 Å². The number of nitro groups is 2. The predicted octanol–water partition coefficient (Wildman–Crippen LogP) is 5.00. The summed E-state index contributed by atoms with van der Waals surface area (Å²) in [6.45, 7) is -0.226. The lowest BCUT2D eigenvalue weighted by atomic mass is 10.1. The van der Waals surface area contributed by atoms with Crippen LogP contribution in [0.1, 0.15) is 11.3 Å². The van der Waals surface area contributed by atoms with Gasteiger partial charge in [-0.05, 0) is 23.9 Å². The Balaban J connectivity index is 1.56. The average Bonchev–Trinajstić information content (AvgIpc) is 3.34. The van der Waals surface area contributed by atoms with Gasteiger partial charge in [0.1, 0.15) is 11.5 Å². The highest BCUT2D eigenvalue weighted by Crippen LogP contribution is 2.35. The third-order valence-electron chi connectivity index (χ3n) is 4.63. The van der Waals surface area contributed by atoms with Gasteiger partial charge in [0.25, 0.3) is 22.5 Å². The first-order chi connectivity index (χ1) is 15.3. The van der Waals surface area contributed by atoms with Gasteiger partial charge in [0.05, 0.1) is 21.3 Å². The number of non-ortho nitro benzene ring substituents is 1. The minimum Gasteiger partial charge on any atom is -0.457 e. The van der Waals surface area contributed by atoms with E-state index < -0.39 is 21.0 Å². The largest absolute Gasteiger partial charge is 0.457 e. The first-order valence-corrected chi connectivity index (χ1v) is 9.97. The molecule has 10 nitrogen and oxygen atoms in total. The van der Waals surface area contributed by atoms with Crippen molar-refractivity contribution in [2.24, 2.45) is 0 Å². The molecule has 0 aliphatic carbocycles. The van der Waals surface area contributed by atoms with E-state index in [1.165, 1.54) is 42.5 Å².